The highest BCUT2D eigenvalue weighted by molar-refractivity contribution is 8.27. The van der Waals surface area contributed by atoms with E-state index >= 15 is 0 Å². The van der Waals surface area contributed by atoms with E-state index in [0.717, 1.165) is 0 Å². The second kappa shape index (κ2) is 2.68. The first-order chi connectivity index (χ1) is 5.96. The molecule has 14 heavy (non-hydrogen) atoms. The highest BCUT2D eigenvalue weighted by atomic mass is 32.3. The Bertz CT molecular complexity index is 230. The van der Waals surface area contributed by atoms with Crippen LogP contribution in [0.5, 0.6) is 0 Å². The van der Waals surface area contributed by atoms with Crippen molar-refractivity contribution < 1.29 is 35.4 Å². The number of hydrogen-bond donors (Lipinski definition) is 2. The van der Waals surface area contributed by atoms with Crippen LogP contribution in [0.2, 0.25) is 0 Å². The van der Waals surface area contributed by atoms with Crippen molar-refractivity contribution in [2.24, 2.45) is 0 Å². The molecule has 0 aliphatic carbocycles. The highest BCUT2D eigenvalue weighted by Gasteiger charge is 2.75. The van der Waals surface area contributed by atoms with E-state index in [9.17, 15) is 26.3 Å². The first-order valence-electron chi connectivity index (χ1n) is 3.06. The van der Waals surface area contributed by atoms with Gasteiger partial charge in [-0.05, 0) is 0 Å². The molecule has 1 rings (SSSR count). The molecule has 2 N–H and O–H groups in total. The van der Waals surface area contributed by atoms with Crippen LogP contribution in [0, 0.1) is 0 Å². The van der Waals surface area contributed by atoms with Crippen molar-refractivity contribution in [3.05, 3.63) is 4.72 Å². The molecule has 0 atom stereocenters. The molecular weight excluding hydrogens is 240 g/mol. The van der Waals surface area contributed by atoms with Crippen LogP contribution in [0.4, 0.5) is 26.3 Å². The SMILES string of the molecule is OS1(O)[N-]CC(F)(F)C(F)(F)C1(F)F. The van der Waals surface area contributed by atoms with Gasteiger partial charge in [-0.25, -0.2) is 19.6 Å². The van der Waals surface area contributed by atoms with Crippen LogP contribution >= 0.6 is 10.8 Å². The standard InChI is InChI=1S/C4H4F6NO2S/c5-2(6)1-11-14(12,13)4(9,10)3(2,7)8/h12-13H,1H2/q-1. The third-order valence-corrected chi connectivity index (χ3v) is 3.05. The normalized spacial score (nSPS) is 34.9. The molecule has 0 radical (unpaired) electrons. The summed E-state index contributed by atoms with van der Waals surface area (Å²) in [5.41, 5.74) is 0. The maximum absolute atomic E-state index is 12.5. The highest BCUT2D eigenvalue weighted by Crippen LogP contribution is 2.71. The quantitative estimate of drug-likeness (QED) is 0.643. The molecule has 10 heteroatoms. The fourth-order valence-corrected chi connectivity index (χ4v) is 1.73. The lowest BCUT2D eigenvalue weighted by Crippen LogP contribution is -2.60. The van der Waals surface area contributed by atoms with E-state index in [1.54, 1.807) is 0 Å². The van der Waals surface area contributed by atoms with Crippen molar-refractivity contribution >= 4 is 10.8 Å². The maximum Gasteiger partial charge on any atom is 0.392 e. The summed E-state index contributed by atoms with van der Waals surface area (Å²) in [7, 11) is -5.38. The van der Waals surface area contributed by atoms with Crippen LogP contribution in [0.25, 0.3) is 4.72 Å². The van der Waals surface area contributed by atoms with Gasteiger partial charge in [0.1, 0.15) is 0 Å². The van der Waals surface area contributed by atoms with Crippen LogP contribution in [0.1, 0.15) is 0 Å². The number of nitrogens with zero attached hydrogens (tertiary/aromatic N) is 1. The molecular formula is C4H4F6NO2S-. The first kappa shape index (κ1) is 11.9. The molecule has 0 bridgehead atoms. The molecule has 0 aromatic carbocycles. The Morgan fingerprint density at radius 3 is 1.79 bits per heavy atom. The summed E-state index contributed by atoms with van der Waals surface area (Å²) in [5.74, 6) is -10.9. The summed E-state index contributed by atoms with van der Waals surface area (Å²) in [6.45, 7) is -2.04. The minimum Gasteiger partial charge on any atom is -0.541 e. The Morgan fingerprint density at radius 2 is 1.43 bits per heavy atom. The van der Waals surface area contributed by atoms with Gasteiger partial charge in [0, 0.05) is 0 Å². The fraction of sp³-hybridized carbons (Fsp3) is 1.00. The van der Waals surface area contributed by atoms with E-state index < -0.39 is 34.4 Å². The van der Waals surface area contributed by atoms with Crippen LogP contribution in [-0.2, 0) is 0 Å². The van der Waals surface area contributed by atoms with Crippen molar-refractivity contribution in [1.82, 2.24) is 0 Å². The van der Waals surface area contributed by atoms with Gasteiger partial charge in [-0.1, -0.05) is 6.54 Å². The zero-order valence-electron chi connectivity index (χ0n) is 6.22. The van der Waals surface area contributed by atoms with E-state index in [4.69, 9.17) is 9.11 Å². The zero-order valence-corrected chi connectivity index (χ0v) is 7.04. The summed E-state index contributed by atoms with van der Waals surface area (Å²) in [5, 5.41) is -5.65. The summed E-state index contributed by atoms with van der Waals surface area (Å²) >= 11 is 0. The summed E-state index contributed by atoms with van der Waals surface area (Å²) in [6, 6.07) is 0. The van der Waals surface area contributed by atoms with E-state index in [-0.39, 0.29) is 0 Å². The van der Waals surface area contributed by atoms with Gasteiger partial charge in [-0.3, -0.25) is 0 Å². The van der Waals surface area contributed by atoms with Crippen molar-refractivity contribution in [1.29, 1.82) is 0 Å². The van der Waals surface area contributed by atoms with Gasteiger partial charge in [-0.15, -0.1) is 0 Å². The molecule has 0 aromatic rings. The molecule has 1 aliphatic rings. The lowest BCUT2D eigenvalue weighted by molar-refractivity contribution is -0.278. The molecule has 86 valence electrons. The molecule has 0 unspecified atom stereocenters. The Balaban J connectivity index is 3.20. The minimum absolute atomic E-state index is 2.04. The monoisotopic (exact) mass is 244 g/mol. The minimum atomic E-state index is -5.82. The predicted molar refractivity (Wildman–Crippen MR) is 35.9 cm³/mol. The van der Waals surface area contributed by atoms with Gasteiger partial charge in [0.05, 0.1) is 0 Å². The average Bonchev–Trinajstić information content (AvgIpc) is 1.98. The number of halogens is 6. The topological polar surface area (TPSA) is 54.6 Å². The zero-order chi connectivity index (χ0) is 11.4. The van der Waals surface area contributed by atoms with E-state index in [1.165, 1.54) is 0 Å². The van der Waals surface area contributed by atoms with Gasteiger partial charge < -0.3 is 13.8 Å². The van der Waals surface area contributed by atoms with Crippen LogP contribution in [-0.4, -0.2) is 32.7 Å². The summed E-state index contributed by atoms with van der Waals surface area (Å²) in [4.78, 5) is 0. The van der Waals surface area contributed by atoms with Gasteiger partial charge >= 0.3 is 17.1 Å². The van der Waals surface area contributed by atoms with E-state index in [2.05, 4.69) is 4.72 Å². The smallest absolute Gasteiger partial charge is 0.392 e. The second-order valence-electron chi connectivity index (χ2n) is 2.60. The number of alkyl halides is 6. The van der Waals surface area contributed by atoms with Gasteiger partial charge in [-0.2, -0.15) is 17.6 Å². The van der Waals surface area contributed by atoms with Crippen molar-refractivity contribution in [3.8, 4) is 0 Å². The fourth-order valence-electron chi connectivity index (χ4n) is 0.736. The lowest BCUT2D eigenvalue weighted by Gasteiger charge is -2.58. The van der Waals surface area contributed by atoms with Gasteiger partial charge in [0.25, 0.3) is 0 Å². The molecule has 0 spiro atoms. The first-order valence-corrected chi connectivity index (χ1v) is 4.56. The number of hydrogen-bond acceptors (Lipinski definition) is 2. The van der Waals surface area contributed by atoms with Crippen LogP contribution in [0.3, 0.4) is 0 Å². The second-order valence-corrected chi connectivity index (χ2v) is 4.41. The molecule has 0 aromatic heterocycles. The van der Waals surface area contributed by atoms with E-state index in [0.29, 0.717) is 0 Å². The Hall–Kier alpha value is -0.190. The van der Waals surface area contributed by atoms with Crippen molar-refractivity contribution in [3.63, 3.8) is 0 Å². The Labute approximate surface area is 75.6 Å². The van der Waals surface area contributed by atoms with Crippen LogP contribution < -0.4 is 0 Å². The number of rotatable bonds is 0. The maximum atomic E-state index is 12.5. The van der Waals surface area contributed by atoms with Crippen molar-refractivity contribution in [2.45, 2.75) is 17.1 Å². The molecule has 1 saturated heterocycles. The Morgan fingerprint density at radius 1 is 1.00 bits per heavy atom. The van der Waals surface area contributed by atoms with Gasteiger partial charge in [0.15, 0.2) is 0 Å². The third-order valence-electron chi connectivity index (χ3n) is 1.61. The summed E-state index contributed by atoms with van der Waals surface area (Å²) < 4.78 is 93.1. The summed E-state index contributed by atoms with van der Waals surface area (Å²) in [6.07, 6.45) is 0. The van der Waals surface area contributed by atoms with E-state index in [1.807, 2.05) is 0 Å². The molecule has 1 heterocycles. The van der Waals surface area contributed by atoms with Crippen LogP contribution in [0.15, 0.2) is 0 Å². The lowest BCUT2D eigenvalue weighted by atomic mass is 10.2. The third kappa shape index (κ3) is 1.21. The average molecular weight is 244 g/mol. The molecule has 1 fully saturated rings. The molecule has 0 amide bonds. The predicted octanol–water partition coefficient (Wildman–Crippen LogP) is 2.90. The largest absolute Gasteiger partial charge is 0.541 e. The van der Waals surface area contributed by atoms with Gasteiger partial charge in [0.2, 0.25) is 0 Å². The van der Waals surface area contributed by atoms with Crippen molar-refractivity contribution in [2.75, 3.05) is 6.54 Å². The molecule has 0 saturated carbocycles. The Kier molecular flexibility index (Phi) is 2.28. The molecule has 3 nitrogen and oxygen atoms in total. The molecule has 1 aliphatic heterocycles.